The van der Waals surface area contributed by atoms with Crippen molar-refractivity contribution in [1.29, 1.82) is 0 Å². The van der Waals surface area contributed by atoms with E-state index in [0.717, 1.165) is 18.4 Å². The van der Waals surface area contributed by atoms with Crippen molar-refractivity contribution in [3.63, 3.8) is 0 Å². The first-order chi connectivity index (χ1) is 16.3. The molecule has 2 heterocycles. The average molecular weight is 463 g/mol. The summed E-state index contributed by atoms with van der Waals surface area (Å²) in [7, 11) is 1.78. The summed E-state index contributed by atoms with van der Waals surface area (Å²) in [5.74, 6) is 0.343. The zero-order valence-corrected chi connectivity index (χ0v) is 20.0. The van der Waals surface area contributed by atoms with Crippen LogP contribution in [0.1, 0.15) is 50.4 Å². The van der Waals surface area contributed by atoms with Gasteiger partial charge in [-0.1, -0.05) is 35.9 Å². The summed E-state index contributed by atoms with van der Waals surface area (Å²) in [4.78, 5) is 29.8. The number of furan rings is 1. The predicted molar refractivity (Wildman–Crippen MR) is 129 cm³/mol. The van der Waals surface area contributed by atoms with Crippen LogP contribution in [0.5, 0.6) is 0 Å². The Kier molecular flexibility index (Phi) is 7.15. The lowest BCUT2D eigenvalue weighted by Gasteiger charge is -2.40. The van der Waals surface area contributed by atoms with Gasteiger partial charge in [-0.05, 0) is 68.9 Å². The second-order valence-corrected chi connectivity index (χ2v) is 9.17. The van der Waals surface area contributed by atoms with Crippen molar-refractivity contribution in [2.45, 2.75) is 39.2 Å². The number of carbonyl (C=O) groups is 2. The maximum atomic E-state index is 14.5. The highest BCUT2D eigenvalue weighted by atomic mass is 19.1. The number of rotatable bonds is 6. The van der Waals surface area contributed by atoms with E-state index in [-0.39, 0.29) is 29.6 Å². The molecule has 1 unspecified atom stereocenters. The Bertz CT molecular complexity index is 1150. The second kappa shape index (κ2) is 10.2. The number of carbonyl (C=O) groups excluding carboxylic acids is 2. The fraction of sp³-hybridized carbons (Fsp3) is 0.357. The number of piperidine rings is 1. The van der Waals surface area contributed by atoms with Crippen molar-refractivity contribution < 1.29 is 18.4 Å². The Morgan fingerprint density at radius 1 is 1.06 bits per heavy atom. The van der Waals surface area contributed by atoms with Gasteiger partial charge in [0, 0.05) is 31.7 Å². The van der Waals surface area contributed by atoms with Crippen molar-refractivity contribution in [3.8, 4) is 0 Å². The molecular weight excluding hydrogens is 431 g/mol. The Morgan fingerprint density at radius 3 is 2.35 bits per heavy atom. The molecule has 3 aromatic rings. The lowest BCUT2D eigenvalue weighted by molar-refractivity contribution is 0.0520. The van der Waals surface area contributed by atoms with Gasteiger partial charge in [0.15, 0.2) is 0 Å². The molecule has 2 amide bonds. The van der Waals surface area contributed by atoms with Crippen molar-refractivity contribution >= 4 is 11.8 Å². The molecule has 5 nitrogen and oxygen atoms in total. The van der Waals surface area contributed by atoms with Gasteiger partial charge in [-0.25, -0.2) is 4.39 Å². The van der Waals surface area contributed by atoms with Crippen LogP contribution in [-0.2, 0) is 6.42 Å². The van der Waals surface area contributed by atoms with Gasteiger partial charge < -0.3 is 14.2 Å². The van der Waals surface area contributed by atoms with Crippen LogP contribution in [-0.4, -0.2) is 47.8 Å². The summed E-state index contributed by atoms with van der Waals surface area (Å²) < 4.78 is 19.9. The highest BCUT2D eigenvalue weighted by molar-refractivity contribution is 5.95. The van der Waals surface area contributed by atoms with Crippen LogP contribution >= 0.6 is 0 Å². The molecule has 1 atom stereocenters. The fourth-order valence-electron chi connectivity index (χ4n) is 4.82. The van der Waals surface area contributed by atoms with E-state index in [4.69, 9.17) is 4.42 Å². The molecule has 6 heteroatoms. The van der Waals surface area contributed by atoms with Crippen LogP contribution in [0.2, 0.25) is 0 Å². The minimum Gasteiger partial charge on any atom is -0.469 e. The standard InChI is InChI=1S/C28H31FN2O3/c1-19-8-10-22(11-9-19)27(32)31-15-12-21(13-16-31)26(18-23-6-4-5-7-25(23)29)30(3)28(33)24-14-17-34-20(24)2/h4-11,14,17,21,26H,12-13,15-16,18H2,1-3H3. The highest BCUT2D eigenvalue weighted by Crippen LogP contribution is 2.29. The van der Waals surface area contributed by atoms with E-state index in [9.17, 15) is 14.0 Å². The first-order valence-corrected chi connectivity index (χ1v) is 11.8. The molecular formula is C28H31FN2O3. The van der Waals surface area contributed by atoms with Gasteiger partial charge in [0.25, 0.3) is 11.8 Å². The summed E-state index contributed by atoms with van der Waals surface area (Å²) >= 11 is 0. The van der Waals surface area contributed by atoms with E-state index in [2.05, 4.69) is 0 Å². The molecule has 1 fully saturated rings. The summed E-state index contributed by atoms with van der Waals surface area (Å²) in [6.45, 7) is 4.98. The van der Waals surface area contributed by atoms with Crippen LogP contribution in [0, 0.1) is 25.6 Å². The van der Waals surface area contributed by atoms with Crippen LogP contribution in [0.25, 0.3) is 0 Å². The SMILES string of the molecule is Cc1ccc(C(=O)N2CCC(C(Cc3ccccc3F)N(C)C(=O)c3ccoc3C)CC2)cc1. The number of hydrogen-bond acceptors (Lipinski definition) is 3. The number of likely N-dealkylation sites (N-methyl/N-ethyl adjacent to an activating group) is 1. The van der Waals surface area contributed by atoms with Gasteiger partial charge in [0.1, 0.15) is 11.6 Å². The number of halogens is 1. The van der Waals surface area contributed by atoms with Crippen molar-refractivity contribution in [2.75, 3.05) is 20.1 Å². The Morgan fingerprint density at radius 2 is 1.74 bits per heavy atom. The number of benzene rings is 2. The number of hydrogen-bond donors (Lipinski definition) is 0. The third-order valence-corrected chi connectivity index (χ3v) is 6.96. The molecule has 1 saturated heterocycles. The summed E-state index contributed by atoms with van der Waals surface area (Å²) in [5.41, 5.74) is 2.92. The normalized spacial score (nSPS) is 15.2. The van der Waals surface area contributed by atoms with Gasteiger partial charge in [0.05, 0.1) is 11.8 Å². The Labute approximate surface area is 200 Å². The van der Waals surface area contributed by atoms with Gasteiger partial charge in [-0.2, -0.15) is 0 Å². The maximum absolute atomic E-state index is 14.5. The smallest absolute Gasteiger partial charge is 0.257 e. The first kappa shape index (κ1) is 23.7. The molecule has 0 saturated carbocycles. The summed E-state index contributed by atoms with van der Waals surface area (Å²) in [6, 6.07) is 15.8. The van der Waals surface area contributed by atoms with E-state index in [1.807, 2.05) is 42.2 Å². The predicted octanol–water partition coefficient (Wildman–Crippen LogP) is 5.27. The molecule has 1 aliphatic rings. The molecule has 4 rings (SSSR count). The van der Waals surface area contributed by atoms with E-state index in [0.29, 0.717) is 42.0 Å². The third-order valence-electron chi connectivity index (χ3n) is 6.96. The van der Waals surface area contributed by atoms with E-state index >= 15 is 0 Å². The minimum atomic E-state index is -0.264. The van der Waals surface area contributed by atoms with Crippen LogP contribution in [0.15, 0.2) is 65.3 Å². The van der Waals surface area contributed by atoms with Crippen molar-refractivity contribution in [1.82, 2.24) is 9.80 Å². The molecule has 178 valence electrons. The average Bonchev–Trinajstić information content (AvgIpc) is 3.28. The lowest BCUT2D eigenvalue weighted by Crippen LogP contribution is -2.48. The topological polar surface area (TPSA) is 53.8 Å². The highest BCUT2D eigenvalue weighted by Gasteiger charge is 2.34. The van der Waals surface area contributed by atoms with E-state index in [1.165, 1.54) is 12.3 Å². The molecule has 34 heavy (non-hydrogen) atoms. The van der Waals surface area contributed by atoms with E-state index in [1.54, 1.807) is 37.1 Å². The minimum absolute atomic E-state index is 0.0301. The molecule has 0 bridgehead atoms. The van der Waals surface area contributed by atoms with Crippen molar-refractivity contribution in [3.05, 3.63) is 94.7 Å². The van der Waals surface area contributed by atoms with Crippen LogP contribution in [0.3, 0.4) is 0 Å². The lowest BCUT2D eigenvalue weighted by atomic mass is 9.84. The molecule has 0 N–H and O–H groups in total. The number of likely N-dealkylation sites (tertiary alicyclic amines) is 1. The van der Waals surface area contributed by atoms with Gasteiger partial charge in [-0.3, -0.25) is 9.59 Å². The van der Waals surface area contributed by atoms with E-state index < -0.39 is 0 Å². The Hall–Kier alpha value is -3.41. The third kappa shape index (κ3) is 5.06. The van der Waals surface area contributed by atoms with Crippen LogP contribution < -0.4 is 0 Å². The zero-order chi connectivity index (χ0) is 24.2. The van der Waals surface area contributed by atoms with Crippen molar-refractivity contribution in [2.24, 2.45) is 5.92 Å². The van der Waals surface area contributed by atoms with Gasteiger partial charge in [0.2, 0.25) is 0 Å². The maximum Gasteiger partial charge on any atom is 0.257 e. The summed E-state index contributed by atoms with van der Waals surface area (Å²) in [5, 5.41) is 0. The molecule has 0 spiro atoms. The fourth-order valence-corrected chi connectivity index (χ4v) is 4.82. The monoisotopic (exact) mass is 462 g/mol. The number of aryl methyl sites for hydroxylation is 2. The molecule has 2 aromatic carbocycles. The first-order valence-electron chi connectivity index (χ1n) is 11.8. The molecule has 1 aliphatic heterocycles. The number of nitrogens with zero attached hydrogens (tertiary/aromatic N) is 2. The van der Waals surface area contributed by atoms with Gasteiger partial charge >= 0.3 is 0 Å². The molecule has 0 radical (unpaired) electrons. The Balaban J connectivity index is 1.51. The molecule has 1 aromatic heterocycles. The largest absolute Gasteiger partial charge is 0.469 e. The second-order valence-electron chi connectivity index (χ2n) is 9.17. The zero-order valence-electron chi connectivity index (χ0n) is 20.0. The molecule has 0 aliphatic carbocycles. The summed E-state index contributed by atoms with van der Waals surface area (Å²) in [6.07, 6.45) is 3.43. The quantitative estimate of drug-likeness (QED) is 0.501. The van der Waals surface area contributed by atoms with Gasteiger partial charge in [-0.15, -0.1) is 0 Å². The van der Waals surface area contributed by atoms with Crippen LogP contribution in [0.4, 0.5) is 4.39 Å². The number of amides is 2.